The molecule has 0 aromatic rings. The van der Waals surface area contributed by atoms with Gasteiger partial charge in [0.25, 0.3) is 0 Å². The van der Waals surface area contributed by atoms with Crippen LogP contribution in [-0.4, -0.2) is 28.9 Å². The molecule has 0 aromatic heterocycles. The van der Waals surface area contributed by atoms with E-state index in [1.165, 1.54) is 6.92 Å². The zero-order valence-corrected chi connectivity index (χ0v) is 6.86. The van der Waals surface area contributed by atoms with Crippen LogP contribution in [0.5, 0.6) is 0 Å². The van der Waals surface area contributed by atoms with Gasteiger partial charge in [0.15, 0.2) is 0 Å². The van der Waals surface area contributed by atoms with Crippen molar-refractivity contribution in [1.82, 2.24) is 0 Å². The van der Waals surface area contributed by atoms with Gasteiger partial charge < -0.3 is 9.84 Å². The third-order valence-electron chi connectivity index (χ3n) is 1.06. The maximum absolute atomic E-state index is 10.5. The largest absolute Gasteiger partial charge is 0.478 e. The number of ether oxygens (including phenoxy) is 1. The van der Waals surface area contributed by atoms with Gasteiger partial charge in [-0.15, -0.1) is 0 Å². The summed E-state index contributed by atoms with van der Waals surface area (Å²) in [6, 6.07) is 0. The number of carbonyl (C=O) groups excluding carboxylic acids is 2. The van der Waals surface area contributed by atoms with Crippen LogP contribution in [0.3, 0.4) is 0 Å². The zero-order chi connectivity index (χ0) is 9.72. The molecule has 0 aromatic carbocycles. The highest BCUT2D eigenvalue weighted by Gasteiger charge is 2.21. The SMILES string of the molecule is CC(=O)C[C@@H](OC(C)=O)C(=O)O. The van der Waals surface area contributed by atoms with E-state index in [1.807, 2.05) is 0 Å². The summed E-state index contributed by atoms with van der Waals surface area (Å²) in [6.45, 7) is 2.33. The van der Waals surface area contributed by atoms with Crippen LogP contribution in [0, 0.1) is 0 Å². The molecule has 0 spiro atoms. The van der Waals surface area contributed by atoms with E-state index in [-0.39, 0.29) is 12.2 Å². The molecule has 0 bridgehead atoms. The van der Waals surface area contributed by atoms with Gasteiger partial charge in [-0.25, -0.2) is 4.79 Å². The minimum atomic E-state index is -1.35. The Labute approximate surface area is 69.3 Å². The van der Waals surface area contributed by atoms with Gasteiger partial charge in [0.05, 0.1) is 6.42 Å². The fourth-order valence-electron chi connectivity index (χ4n) is 0.641. The van der Waals surface area contributed by atoms with Crippen molar-refractivity contribution in [2.75, 3.05) is 0 Å². The van der Waals surface area contributed by atoms with Crippen LogP contribution in [0.2, 0.25) is 0 Å². The molecule has 0 saturated heterocycles. The third kappa shape index (κ3) is 4.43. The first-order valence-electron chi connectivity index (χ1n) is 3.33. The van der Waals surface area contributed by atoms with Crippen molar-refractivity contribution in [2.24, 2.45) is 0 Å². The van der Waals surface area contributed by atoms with E-state index in [1.54, 1.807) is 0 Å². The number of hydrogen-bond donors (Lipinski definition) is 1. The lowest BCUT2D eigenvalue weighted by atomic mass is 10.2. The lowest BCUT2D eigenvalue weighted by Gasteiger charge is -2.09. The number of carboxylic acid groups (broad SMARTS) is 1. The van der Waals surface area contributed by atoms with Crippen LogP contribution < -0.4 is 0 Å². The van der Waals surface area contributed by atoms with E-state index in [0.29, 0.717) is 0 Å². The molecule has 5 heteroatoms. The summed E-state index contributed by atoms with van der Waals surface area (Å²) in [5, 5.41) is 8.44. The van der Waals surface area contributed by atoms with Crippen molar-refractivity contribution in [1.29, 1.82) is 0 Å². The van der Waals surface area contributed by atoms with Crippen LogP contribution in [0.25, 0.3) is 0 Å². The second-order valence-corrected chi connectivity index (χ2v) is 2.34. The fourth-order valence-corrected chi connectivity index (χ4v) is 0.641. The average molecular weight is 174 g/mol. The first-order chi connectivity index (χ1) is 5.43. The Morgan fingerprint density at radius 2 is 1.83 bits per heavy atom. The van der Waals surface area contributed by atoms with Crippen LogP contribution in [0.1, 0.15) is 20.3 Å². The summed E-state index contributed by atoms with van der Waals surface area (Å²) >= 11 is 0. The molecule has 0 heterocycles. The topological polar surface area (TPSA) is 80.7 Å². The fraction of sp³-hybridized carbons (Fsp3) is 0.571. The minimum absolute atomic E-state index is 0.283. The normalized spacial score (nSPS) is 11.8. The van der Waals surface area contributed by atoms with E-state index in [2.05, 4.69) is 4.74 Å². The highest BCUT2D eigenvalue weighted by molar-refractivity contribution is 5.85. The average Bonchev–Trinajstić information content (AvgIpc) is 1.83. The van der Waals surface area contributed by atoms with Crippen LogP contribution >= 0.6 is 0 Å². The number of ketones is 1. The molecule has 0 rings (SSSR count). The van der Waals surface area contributed by atoms with Crippen molar-refractivity contribution in [3.05, 3.63) is 0 Å². The molecule has 5 nitrogen and oxygen atoms in total. The van der Waals surface area contributed by atoms with Gasteiger partial charge in [-0.05, 0) is 6.92 Å². The van der Waals surface area contributed by atoms with E-state index < -0.39 is 18.0 Å². The summed E-state index contributed by atoms with van der Waals surface area (Å²) < 4.78 is 4.36. The standard InChI is InChI=1S/C7H10O5/c1-4(8)3-6(7(10)11)12-5(2)9/h6H,3H2,1-2H3,(H,10,11)/t6-/m1/s1. The third-order valence-corrected chi connectivity index (χ3v) is 1.06. The number of carboxylic acids is 1. The van der Waals surface area contributed by atoms with Crippen LogP contribution in [-0.2, 0) is 19.1 Å². The maximum Gasteiger partial charge on any atom is 0.345 e. The van der Waals surface area contributed by atoms with Crippen LogP contribution in [0.4, 0.5) is 0 Å². The quantitative estimate of drug-likeness (QED) is 0.606. The van der Waals surface area contributed by atoms with E-state index in [4.69, 9.17) is 5.11 Å². The first kappa shape index (κ1) is 10.6. The molecule has 0 aliphatic heterocycles. The predicted octanol–water partition coefficient (Wildman–Crippen LogP) is -0.0182. The van der Waals surface area contributed by atoms with E-state index in [9.17, 15) is 14.4 Å². The van der Waals surface area contributed by atoms with E-state index in [0.717, 1.165) is 6.92 Å². The molecule has 0 fully saturated rings. The molecule has 0 unspecified atom stereocenters. The van der Waals surface area contributed by atoms with Gasteiger partial charge in [0.2, 0.25) is 6.10 Å². The van der Waals surface area contributed by atoms with Gasteiger partial charge in [-0.3, -0.25) is 9.59 Å². The van der Waals surface area contributed by atoms with Crippen molar-refractivity contribution in [2.45, 2.75) is 26.4 Å². The Morgan fingerprint density at radius 1 is 1.33 bits per heavy atom. The lowest BCUT2D eigenvalue weighted by molar-refractivity contribution is -0.163. The Bertz CT molecular complexity index is 192. The zero-order valence-electron chi connectivity index (χ0n) is 6.86. The van der Waals surface area contributed by atoms with Crippen LogP contribution in [0.15, 0.2) is 0 Å². The van der Waals surface area contributed by atoms with Gasteiger partial charge in [-0.1, -0.05) is 0 Å². The number of Topliss-reactive ketones (excluding diaryl/α,β-unsaturated/α-hetero) is 1. The number of hydrogen-bond acceptors (Lipinski definition) is 4. The number of aliphatic carboxylic acids is 1. The van der Waals surface area contributed by atoms with Gasteiger partial charge in [0, 0.05) is 6.92 Å². The molecule has 1 atom stereocenters. The molecule has 0 saturated carbocycles. The van der Waals surface area contributed by atoms with Gasteiger partial charge in [-0.2, -0.15) is 0 Å². The van der Waals surface area contributed by atoms with Crippen molar-refractivity contribution < 1.29 is 24.2 Å². The molecular weight excluding hydrogens is 164 g/mol. The Kier molecular flexibility index (Phi) is 3.96. The number of carbonyl (C=O) groups is 3. The smallest absolute Gasteiger partial charge is 0.345 e. The number of esters is 1. The molecule has 68 valence electrons. The molecule has 0 aliphatic carbocycles. The summed E-state index contributed by atoms with van der Waals surface area (Å²) in [4.78, 5) is 31.2. The molecular formula is C7H10O5. The van der Waals surface area contributed by atoms with Crippen molar-refractivity contribution in [3.63, 3.8) is 0 Å². The van der Waals surface area contributed by atoms with Crippen molar-refractivity contribution >= 4 is 17.7 Å². The summed E-state index contributed by atoms with van der Waals surface area (Å²) in [5.41, 5.74) is 0. The molecule has 0 amide bonds. The second-order valence-electron chi connectivity index (χ2n) is 2.34. The monoisotopic (exact) mass is 174 g/mol. The van der Waals surface area contributed by atoms with Gasteiger partial charge in [0.1, 0.15) is 5.78 Å². The van der Waals surface area contributed by atoms with E-state index >= 15 is 0 Å². The summed E-state index contributed by atoms with van der Waals surface area (Å²) in [7, 11) is 0. The molecule has 0 radical (unpaired) electrons. The summed E-state index contributed by atoms with van der Waals surface area (Å²) in [6.07, 6.45) is -1.63. The Morgan fingerprint density at radius 3 is 2.08 bits per heavy atom. The Hall–Kier alpha value is -1.39. The predicted molar refractivity (Wildman–Crippen MR) is 38.5 cm³/mol. The molecule has 0 aliphatic rings. The van der Waals surface area contributed by atoms with Gasteiger partial charge >= 0.3 is 11.9 Å². The Balaban J connectivity index is 4.14. The molecule has 1 N–H and O–H groups in total. The second kappa shape index (κ2) is 4.48. The minimum Gasteiger partial charge on any atom is -0.478 e. The summed E-state index contributed by atoms with van der Waals surface area (Å²) in [5.74, 6) is -2.34. The number of rotatable bonds is 4. The first-order valence-corrected chi connectivity index (χ1v) is 3.33. The highest BCUT2D eigenvalue weighted by Crippen LogP contribution is 2.00. The van der Waals surface area contributed by atoms with Crippen molar-refractivity contribution in [3.8, 4) is 0 Å². The highest BCUT2D eigenvalue weighted by atomic mass is 16.6. The molecule has 12 heavy (non-hydrogen) atoms. The maximum atomic E-state index is 10.5. The lowest BCUT2D eigenvalue weighted by Crippen LogP contribution is -2.28.